The number of carbonyl (C=O) groups is 2. The molecule has 2 aromatic rings. The Kier molecular flexibility index (Phi) is 10.7. The summed E-state index contributed by atoms with van der Waals surface area (Å²) in [5, 5.41) is 3.52. The quantitative estimate of drug-likeness (QED) is 0.404. The van der Waals surface area contributed by atoms with Crippen LogP contribution in [-0.4, -0.2) is 50.5 Å². The molecule has 7 nitrogen and oxygen atoms in total. The van der Waals surface area contributed by atoms with E-state index in [4.69, 9.17) is 23.2 Å². The van der Waals surface area contributed by atoms with Gasteiger partial charge in [0.1, 0.15) is 12.6 Å². The van der Waals surface area contributed by atoms with E-state index in [-0.39, 0.29) is 12.5 Å². The molecule has 0 fully saturated rings. The van der Waals surface area contributed by atoms with Gasteiger partial charge in [-0.25, -0.2) is 8.42 Å². The van der Waals surface area contributed by atoms with Crippen LogP contribution in [0.4, 0.5) is 5.69 Å². The summed E-state index contributed by atoms with van der Waals surface area (Å²) in [6.45, 7) is 3.63. The van der Waals surface area contributed by atoms with Crippen molar-refractivity contribution < 1.29 is 18.0 Å². The van der Waals surface area contributed by atoms with Gasteiger partial charge in [0.15, 0.2) is 0 Å². The molecule has 0 aliphatic heterocycles. The number of rotatable bonds is 11. The highest BCUT2D eigenvalue weighted by atomic mass is 79.9. The smallest absolute Gasteiger partial charge is 0.244 e. The molecule has 2 rings (SSSR count). The van der Waals surface area contributed by atoms with Gasteiger partial charge in [0.25, 0.3) is 0 Å². The Morgan fingerprint density at radius 2 is 1.71 bits per heavy atom. The summed E-state index contributed by atoms with van der Waals surface area (Å²) in [5.74, 6) is -0.880. The Hall–Kier alpha value is -1.81. The van der Waals surface area contributed by atoms with Gasteiger partial charge in [0.2, 0.25) is 21.8 Å². The van der Waals surface area contributed by atoms with Crippen LogP contribution in [0.3, 0.4) is 0 Å². The minimum absolute atomic E-state index is 0.0501. The molecule has 186 valence electrons. The first-order valence-corrected chi connectivity index (χ1v) is 14.1. The minimum atomic E-state index is -3.81. The topological polar surface area (TPSA) is 86.8 Å². The van der Waals surface area contributed by atoms with E-state index in [2.05, 4.69) is 21.2 Å². The van der Waals surface area contributed by atoms with Crippen LogP contribution in [-0.2, 0) is 26.2 Å². The van der Waals surface area contributed by atoms with Crippen LogP contribution in [0, 0.1) is 0 Å². The van der Waals surface area contributed by atoms with Crippen LogP contribution in [0.5, 0.6) is 0 Å². The van der Waals surface area contributed by atoms with Crippen LogP contribution in [0.1, 0.15) is 32.3 Å². The molecule has 0 aliphatic carbocycles. The fraction of sp³-hybridized carbons (Fsp3) is 0.391. The predicted molar refractivity (Wildman–Crippen MR) is 141 cm³/mol. The van der Waals surface area contributed by atoms with E-state index in [1.165, 1.54) is 4.90 Å². The zero-order valence-corrected chi connectivity index (χ0v) is 23.1. The molecule has 34 heavy (non-hydrogen) atoms. The lowest BCUT2D eigenvalue weighted by atomic mass is 10.1. The van der Waals surface area contributed by atoms with Crippen LogP contribution in [0.15, 0.2) is 46.9 Å². The largest absolute Gasteiger partial charge is 0.354 e. The maximum Gasteiger partial charge on any atom is 0.244 e. The third kappa shape index (κ3) is 7.60. The lowest BCUT2D eigenvalue weighted by Crippen LogP contribution is -2.52. The summed E-state index contributed by atoms with van der Waals surface area (Å²) < 4.78 is 26.9. The molecule has 0 aromatic heterocycles. The third-order valence-electron chi connectivity index (χ3n) is 5.10. The van der Waals surface area contributed by atoms with E-state index in [1.54, 1.807) is 49.4 Å². The van der Waals surface area contributed by atoms with E-state index in [9.17, 15) is 18.0 Å². The number of anilines is 1. The minimum Gasteiger partial charge on any atom is -0.354 e. The second-order valence-corrected chi connectivity index (χ2v) is 11.3. The highest BCUT2D eigenvalue weighted by Gasteiger charge is 2.32. The maximum absolute atomic E-state index is 13.6. The number of halogens is 3. The predicted octanol–water partition coefficient (Wildman–Crippen LogP) is 4.86. The molecule has 0 heterocycles. The SMILES string of the molecule is CCCNC(=O)[C@H](CC)N(Cc1c(Cl)cccc1Cl)C(=O)CN(c1cccc(Br)c1)S(C)(=O)=O. The van der Waals surface area contributed by atoms with Crippen LogP contribution in [0.25, 0.3) is 0 Å². The Bertz CT molecular complexity index is 1110. The lowest BCUT2D eigenvalue weighted by molar-refractivity contribution is -0.140. The first kappa shape index (κ1) is 28.4. The van der Waals surface area contributed by atoms with Gasteiger partial charge in [-0.3, -0.25) is 13.9 Å². The number of nitrogens with one attached hydrogen (secondary N) is 1. The van der Waals surface area contributed by atoms with Crippen LogP contribution >= 0.6 is 39.1 Å². The Balaban J connectivity index is 2.48. The third-order valence-corrected chi connectivity index (χ3v) is 7.44. The summed E-state index contributed by atoms with van der Waals surface area (Å²) in [4.78, 5) is 27.9. The van der Waals surface area contributed by atoms with Gasteiger partial charge >= 0.3 is 0 Å². The summed E-state index contributed by atoms with van der Waals surface area (Å²) in [7, 11) is -3.81. The molecule has 0 spiro atoms. The molecule has 11 heteroatoms. The second kappa shape index (κ2) is 12.8. The zero-order chi connectivity index (χ0) is 25.5. The standard InChI is InChI=1S/C23H28BrCl2N3O4S/c1-4-12-27-23(31)21(5-2)28(14-18-19(25)10-7-11-20(18)26)22(30)15-29(34(3,32)33)17-9-6-8-16(24)13-17/h6-11,13,21H,4-5,12,14-15H2,1-3H3,(H,27,31)/t21-/m0/s1. The van der Waals surface area contributed by atoms with Crippen molar-refractivity contribution in [1.82, 2.24) is 10.2 Å². The maximum atomic E-state index is 13.6. The zero-order valence-electron chi connectivity index (χ0n) is 19.2. The van der Waals surface area contributed by atoms with E-state index in [0.717, 1.165) is 17.0 Å². The van der Waals surface area contributed by atoms with Gasteiger partial charge in [-0.2, -0.15) is 0 Å². The van der Waals surface area contributed by atoms with Crippen LogP contribution in [0.2, 0.25) is 10.0 Å². The van der Waals surface area contributed by atoms with E-state index < -0.39 is 28.5 Å². The van der Waals surface area contributed by atoms with Gasteiger partial charge in [-0.15, -0.1) is 0 Å². The molecule has 0 radical (unpaired) electrons. The van der Waals surface area contributed by atoms with Crippen molar-refractivity contribution in [2.75, 3.05) is 23.7 Å². The van der Waals surface area contributed by atoms with Gasteiger partial charge in [-0.05, 0) is 43.2 Å². The van der Waals surface area contributed by atoms with Crippen LogP contribution < -0.4 is 9.62 Å². The Labute approximate surface area is 219 Å². The van der Waals surface area contributed by atoms with Gasteiger partial charge in [-0.1, -0.05) is 65.1 Å². The Morgan fingerprint density at radius 3 is 2.24 bits per heavy atom. The molecular weight excluding hydrogens is 565 g/mol. The number of carbonyl (C=O) groups excluding carboxylic acids is 2. The first-order valence-electron chi connectivity index (χ1n) is 10.7. The monoisotopic (exact) mass is 591 g/mol. The molecule has 0 saturated heterocycles. The molecular formula is C23H28BrCl2N3O4S. The molecule has 2 aromatic carbocycles. The number of benzene rings is 2. The summed E-state index contributed by atoms with van der Waals surface area (Å²) >= 11 is 16.0. The molecule has 0 aliphatic rings. The van der Waals surface area contributed by atoms with Crippen molar-refractivity contribution in [1.29, 1.82) is 0 Å². The normalized spacial score (nSPS) is 12.2. The fourth-order valence-electron chi connectivity index (χ4n) is 3.38. The van der Waals surface area contributed by atoms with Crippen molar-refractivity contribution in [3.63, 3.8) is 0 Å². The highest BCUT2D eigenvalue weighted by Crippen LogP contribution is 2.28. The average Bonchev–Trinajstić information content (AvgIpc) is 2.76. The van der Waals surface area contributed by atoms with Gasteiger partial charge in [0.05, 0.1) is 11.9 Å². The van der Waals surface area contributed by atoms with Gasteiger partial charge < -0.3 is 10.2 Å². The Morgan fingerprint density at radius 1 is 1.09 bits per heavy atom. The number of hydrogen-bond acceptors (Lipinski definition) is 4. The average molecular weight is 593 g/mol. The number of nitrogens with zero attached hydrogens (tertiary/aromatic N) is 2. The molecule has 0 saturated carbocycles. The van der Waals surface area contributed by atoms with Crippen molar-refractivity contribution >= 4 is 66.7 Å². The molecule has 0 bridgehead atoms. The van der Waals surface area contributed by atoms with E-state index >= 15 is 0 Å². The summed E-state index contributed by atoms with van der Waals surface area (Å²) in [6.07, 6.45) is 2.08. The lowest BCUT2D eigenvalue weighted by Gasteiger charge is -2.33. The summed E-state index contributed by atoms with van der Waals surface area (Å²) in [6, 6.07) is 10.8. The van der Waals surface area contributed by atoms with Gasteiger partial charge in [0, 0.05) is 33.2 Å². The number of amides is 2. The molecule has 2 amide bonds. The first-order chi connectivity index (χ1) is 16.0. The molecule has 0 unspecified atom stereocenters. The van der Waals surface area contributed by atoms with Crippen molar-refractivity contribution in [3.8, 4) is 0 Å². The van der Waals surface area contributed by atoms with E-state index in [1.807, 2.05) is 6.92 Å². The number of hydrogen-bond donors (Lipinski definition) is 1. The highest BCUT2D eigenvalue weighted by molar-refractivity contribution is 9.10. The van der Waals surface area contributed by atoms with Crippen molar-refractivity contribution in [2.24, 2.45) is 0 Å². The number of sulfonamides is 1. The van der Waals surface area contributed by atoms with E-state index in [0.29, 0.717) is 38.7 Å². The summed E-state index contributed by atoms with van der Waals surface area (Å²) in [5.41, 5.74) is 0.804. The van der Waals surface area contributed by atoms with Crippen molar-refractivity contribution in [3.05, 3.63) is 62.5 Å². The second-order valence-electron chi connectivity index (χ2n) is 7.69. The van der Waals surface area contributed by atoms with Crippen molar-refractivity contribution in [2.45, 2.75) is 39.3 Å². The molecule has 1 N–H and O–H groups in total. The molecule has 1 atom stereocenters. The fourth-order valence-corrected chi connectivity index (χ4v) is 5.13.